The molecule has 2 saturated heterocycles. The predicted molar refractivity (Wildman–Crippen MR) is 40.3 cm³/mol. The highest BCUT2D eigenvalue weighted by molar-refractivity contribution is 5.75. The summed E-state index contributed by atoms with van der Waals surface area (Å²) in [6, 6.07) is 0.427. The Bertz CT molecular complexity index is 187. The van der Waals surface area contributed by atoms with Gasteiger partial charge in [-0.15, -0.1) is 0 Å². The van der Waals surface area contributed by atoms with E-state index in [1.807, 2.05) is 6.92 Å². The minimum Gasteiger partial charge on any atom is -0.480 e. The van der Waals surface area contributed by atoms with Gasteiger partial charge in [-0.2, -0.15) is 0 Å². The minimum atomic E-state index is -0.628. The Balaban J connectivity index is 2.13. The second kappa shape index (κ2) is 2.21. The number of fused-ring (bicyclic) bond motifs is 1. The number of aliphatic carboxylic acids is 1. The van der Waals surface area contributed by atoms with Crippen molar-refractivity contribution < 1.29 is 9.90 Å². The monoisotopic (exact) mass is 155 g/mol. The van der Waals surface area contributed by atoms with Crippen molar-refractivity contribution in [3.8, 4) is 0 Å². The largest absolute Gasteiger partial charge is 0.480 e. The Morgan fingerprint density at radius 3 is 2.64 bits per heavy atom. The summed E-state index contributed by atoms with van der Waals surface area (Å²) in [5.74, 6) is -0.172. The van der Waals surface area contributed by atoms with E-state index in [2.05, 4.69) is 4.90 Å². The Morgan fingerprint density at radius 1 is 1.64 bits per heavy atom. The average Bonchev–Trinajstić information content (AvgIpc) is 2.35. The number of likely N-dealkylation sites (N-methyl/N-ethyl adjacent to an activating group) is 1. The molecule has 0 amide bonds. The number of nitrogens with zero attached hydrogens (tertiary/aromatic N) is 1. The molecule has 0 spiro atoms. The van der Waals surface area contributed by atoms with Gasteiger partial charge in [0.2, 0.25) is 0 Å². The van der Waals surface area contributed by atoms with E-state index in [1.54, 1.807) is 0 Å². The van der Waals surface area contributed by atoms with E-state index < -0.39 is 5.97 Å². The normalized spacial score (nSPS) is 42.1. The van der Waals surface area contributed by atoms with Crippen molar-refractivity contribution in [2.75, 3.05) is 6.54 Å². The average molecular weight is 155 g/mol. The van der Waals surface area contributed by atoms with Crippen LogP contribution in [0.3, 0.4) is 0 Å². The van der Waals surface area contributed by atoms with Gasteiger partial charge in [-0.1, -0.05) is 6.92 Å². The zero-order valence-corrected chi connectivity index (χ0v) is 6.66. The Labute approximate surface area is 66.0 Å². The van der Waals surface area contributed by atoms with Crippen molar-refractivity contribution in [1.29, 1.82) is 0 Å². The van der Waals surface area contributed by atoms with Gasteiger partial charge in [0.05, 0.1) is 0 Å². The van der Waals surface area contributed by atoms with Crippen LogP contribution in [0.4, 0.5) is 0 Å². The molecule has 0 radical (unpaired) electrons. The maximum atomic E-state index is 10.8. The molecule has 0 aromatic rings. The van der Waals surface area contributed by atoms with E-state index in [4.69, 9.17) is 5.11 Å². The van der Waals surface area contributed by atoms with Crippen molar-refractivity contribution in [3.63, 3.8) is 0 Å². The summed E-state index contributed by atoms with van der Waals surface area (Å²) in [7, 11) is 0. The molecule has 2 heterocycles. The number of carboxylic acid groups (broad SMARTS) is 1. The Hall–Kier alpha value is -0.570. The molecule has 0 aromatic carbocycles. The van der Waals surface area contributed by atoms with Gasteiger partial charge in [-0.25, -0.2) is 0 Å². The van der Waals surface area contributed by atoms with Crippen LogP contribution >= 0.6 is 0 Å². The van der Waals surface area contributed by atoms with Crippen molar-refractivity contribution in [3.05, 3.63) is 0 Å². The van der Waals surface area contributed by atoms with Crippen LogP contribution in [0.15, 0.2) is 0 Å². The Morgan fingerprint density at radius 2 is 2.27 bits per heavy atom. The lowest BCUT2D eigenvalue weighted by Crippen LogP contribution is -2.36. The number of carbonyl (C=O) groups is 1. The molecule has 3 nitrogen and oxygen atoms in total. The molecule has 1 saturated carbocycles. The molecule has 2 aliphatic heterocycles. The maximum Gasteiger partial charge on any atom is 0.321 e. The SMILES string of the molecule is CCN1C2CC(C2)C1C(=O)O. The molecule has 3 rings (SSSR count). The predicted octanol–water partition coefficient (Wildman–Crippen LogP) is 0.554. The lowest BCUT2D eigenvalue weighted by Gasteiger charge is -2.24. The summed E-state index contributed by atoms with van der Waals surface area (Å²) in [4.78, 5) is 12.9. The topological polar surface area (TPSA) is 40.5 Å². The first-order valence-corrected chi connectivity index (χ1v) is 4.22. The first kappa shape index (κ1) is 7.10. The number of rotatable bonds is 2. The van der Waals surface area contributed by atoms with Crippen LogP contribution < -0.4 is 0 Å². The van der Waals surface area contributed by atoms with Gasteiger partial charge in [0.25, 0.3) is 0 Å². The highest BCUT2D eigenvalue weighted by Gasteiger charge is 2.52. The quantitative estimate of drug-likeness (QED) is 0.633. The van der Waals surface area contributed by atoms with Gasteiger partial charge in [0.15, 0.2) is 0 Å². The standard InChI is InChI=1S/C8H13NO2/c1-2-9-6-3-5(4-6)7(9)8(10)11/h5-7H,2-4H2,1H3,(H,10,11). The van der Waals surface area contributed by atoms with Gasteiger partial charge in [-0.05, 0) is 25.3 Å². The summed E-state index contributed by atoms with van der Waals surface area (Å²) in [5, 5.41) is 8.87. The fourth-order valence-corrected chi connectivity index (χ4v) is 2.45. The fourth-order valence-electron chi connectivity index (χ4n) is 2.45. The van der Waals surface area contributed by atoms with Crippen molar-refractivity contribution in [1.82, 2.24) is 4.90 Å². The van der Waals surface area contributed by atoms with Crippen LogP contribution in [-0.2, 0) is 4.79 Å². The van der Waals surface area contributed by atoms with Gasteiger partial charge in [-0.3, -0.25) is 9.69 Å². The van der Waals surface area contributed by atoms with Crippen LogP contribution in [0.1, 0.15) is 19.8 Å². The molecule has 1 aliphatic carbocycles. The highest BCUT2D eigenvalue weighted by atomic mass is 16.4. The molecule has 11 heavy (non-hydrogen) atoms. The Kier molecular flexibility index (Phi) is 1.42. The summed E-state index contributed by atoms with van der Waals surface area (Å²) in [6.45, 7) is 2.93. The van der Waals surface area contributed by atoms with Crippen molar-refractivity contribution in [2.24, 2.45) is 5.92 Å². The van der Waals surface area contributed by atoms with Gasteiger partial charge in [0, 0.05) is 6.04 Å². The van der Waals surface area contributed by atoms with Crippen LogP contribution in [0.2, 0.25) is 0 Å². The molecule has 3 fully saturated rings. The zero-order chi connectivity index (χ0) is 8.01. The lowest BCUT2D eigenvalue weighted by atomic mass is 9.83. The second-order valence-electron chi connectivity index (χ2n) is 3.50. The lowest BCUT2D eigenvalue weighted by molar-refractivity contribution is -0.142. The molecule has 1 unspecified atom stereocenters. The molecule has 2 bridgehead atoms. The van der Waals surface area contributed by atoms with Gasteiger partial charge >= 0.3 is 5.97 Å². The third-order valence-electron chi connectivity index (χ3n) is 3.04. The van der Waals surface area contributed by atoms with Crippen LogP contribution in [0, 0.1) is 5.92 Å². The summed E-state index contributed by atoms with van der Waals surface area (Å²) >= 11 is 0. The molecule has 3 heteroatoms. The van der Waals surface area contributed by atoms with E-state index in [1.165, 1.54) is 0 Å². The zero-order valence-electron chi connectivity index (χ0n) is 6.66. The number of hydrogen-bond donors (Lipinski definition) is 1. The van der Waals surface area contributed by atoms with E-state index in [9.17, 15) is 4.79 Å². The van der Waals surface area contributed by atoms with E-state index in [0.717, 1.165) is 19.4 Å². The van der Waals surface area contributed by atoms with Gasteiger partial charge in [0.1, 0.15) is 6.04 Å². The molecular formula is C8H13NO2. The van der Waals surface area contributed by atoms with Crippen molar-refractivity contribution >= 4 is 5.97 Å². The van der Waals surface area contributed by atoms with Crippen LogP contribution in [0.5, 0.6) is 0 Å². The minimum absolute atomic E-state index is 0.162. The third kappa shape index (κ3) is 0.805. The van der Waals surface area contributed by atoms with Gasteiger partial charge < -0.3 is 5.11 Å². The summed E-state index contributed by atoms with van der Waals surface area (Å²) < 4.78 is 0. The van der Waals surface area contributed by atoms with Crippen LogP contribution in [-0.4, -0.2) is 34.6 Å². The molecular weight excluding hydrogens is 142 g/mol. The third-order valence-corrected chi connectivity index (χ3v) is 3.04. The first-order chi connectivity index (χ1) is 5.24. The van der Waals surface area contributed by atoms with E-state index >= 15 is 0 Å². The highest BCUT2D eigenvalue weighted by Crippen LogP contribution is 2.45. The smallest absolute Gasteiger partial charge is 0.321 e. The summed E-state index contributed by atoms with van der Waals surface area (Å²) in [6.07, 6.45) is 2.23. The molecule has 1 N–H and O–H groups in total. The second-order valence-corrected chi connectivity index (χ2v) is 3.50. The first-order valence-electron chi connectivity index (χ1n) is 4.22. The molecule has 62 valence electrons. The number of carboxylic acids is 1. The fraction of sp³-hybridized carbons (Fsp3) is 0.875. The van der Waals surface area contributed by atoms with Crippen LogP contribution in [0.25, 0.3) is 0 Å². The number of hydrogen-bond acceptors (Lipinski definition) is 2. The molecule has 1 atom stereocenters. The van der Waals surface area contributed by atoms with E-state index in [-0.39, 0.29) is 6.04 Å². The summed E-state index contributed by atoms with van der Waals surface area (Å²) in [5.41, 5.74) is 0. The maximum absolute atomic E-state index is 10.8. The molecule has 3 aliphatic rings. The van der Waals surface area contributed by atoms with Crippen molar-refractivity contribution in [2.45, 2.75) is 31.8 Å². The van der Waals surface area contributed by atoms with E-state index in [0.29, 0.717) is 12.0 Å². The molecule has 0 aromatic heterocycles.